The molecule has 29 heavy (non-hydrogen) atoms. The molecule has 0 unspecified atom stereocenters. The van der Waals surface area contributed by atoms with Gasteiger partial charge in [-0.1, -0.05) is 18.5 Å². The molecule has 6 nitrogen and oxygen atoms in total. The van der Waals surface area contributed by atoms with Crippen molar-refractivity contribution in [1.82, 2.24) is 0 Å². The number of carbonyl (C=O) groups is 2. The van der Waals surface area contributed by atoms with Crippen LogP contribution in [0.25, 0.3) is 0 Å². The molecular formula is C19H18ClFN2O4S2. The molecule has 0 radical (unpaired) electrons. The second-order valence-electron chi connectivity index (χ2n) is 6.61. The summed E-state index contributed by atoms with van der Waals surface area (Å²) >= 11 is 7.16. The van der Waals surface area contributed by atoms with Crippen LogP contribution in [0.2, 0.25) is 5.02 Å². The van der Waals surface area contributed by atoms with E-state index in [1.165, 1.54) is 43.0 Å². The highest BCUT2D eigenvalue weighted by Gasteiger charge is 2.25. The van der Waals surface area contributed by atoms with Crippen molar-refractivity contribution in [2.24, 2.45) is 5.92 Å². The van der Waals surface area contributed by atoms with E-state index in [0.29, 0.717) is 17.9 Å². The van der Waals surface area contributed by atoms with E-state index in [1.807, 2.05) is 0 Å². The predicted molar refractivity (Wildman–Crippen MR) is 112 cm³/mol. The second kappa shape index (κ2) is 8.73. The summed E-state index contributed by atoms with van der Waals surface area (Å²) in [5, 5.41) is 5.09. The van der Waals surface area contributed by atoms with Gasteiger partial charge in [0.25, 0.3) is 0 Å². The number of benzene rings is 2. The molecule has 0 aromatic heterocycles. The van der Waals surface area contributed by atoms with Crippen LogP contribution in [0.5, 0.6) is 0 Å². The first-order valence-electron chi connectivity index (χ1n) is 8.71. The van der Waals surface area contributed by atoms with E-state index in [0.717, 1.165) is 11.0 Å². The van der Waals surface area contributed by atoms with Gasteiger partial charge in [0.1, 0.15) is 5.82 Å². The van der Waals surface area contributed by atoms with Gasteiger partial charge in [0.2, 0.25) is 11.8 Å². The van der Waals surface area contributed by atoms with E-state index >= 15 is 0 Å². The molecule has 0 saturated heterocycles. The maximum atomic E-state index is 13.2. The number of hydrogen-bond acceptors (Lipinski definition) is 5. The minimum absolute atomic E-state index is 0.0310. The third-order valence-corrected chi connectivity index (χ3v) is 7.55. The van der Waals surface area contributed by atoms with Crippen molar-refractivity contribution in [3.05, 3.63) is 47.2 Å². The van der Waals surface area contributed by atoms with Crippen LogP contribution in [0.1, 0.15) is 13.3 Å². The van der Waals surface area contributed by atoms with Crippen LogP contribution < -0.4 is 10.6 Å². The van der Waals surface area contributed by atoms with E-state index in [1.54, 1.807) is 6.07 Å². The van der Waals surface area contributed by atoms with Crippen molar-refractivity contribution in [3.63, 3.8) is 0 Å². The number of thioether (sulfide) groups is 1. The fourth-order valence-corrected chi connectivity index (χ4v) is 5.43. The zero-order valence-corrected chi connectivity index (χ0v) is 17.8. The van der Waals surface area contributed by atoms with Gasteiger partial charge in [-0.25, -0.2) is 12.8 Å². The van der Waals surface area contributed by atoms with Gasteiger partial charge in [-0.05, 0) is 36.4 Å². The molecule has 3 rings (SSSR count). The normalized spacial score (nSPS) is 15.1. The first kappa shape index (κ1) is 21.6. The average Bonchev–Trinajstić information content (AvgIpc) is 2.84. The van der Waals surface area contributed by atoms with E-state index in [2.05, 4.69) is 10.6 Å². The summed E-state index contributed by atoms with van der Waals surface area (Å²) in [5.41, 5.74) is 0.729. The summed E-state index contributed by atoms with van der Waals surface area (Å²) in [5.74, 6) is -1.99. The van der Waals surface area contributed by atoms with Gasteiger partial charge in [0, 0.05) is 28.7 Å². The Hall–Kier alpha value is -2.10. The molecule has 0 saturated carbocycles. The highest BCUT2D eigenvalue weighted by Crippen LogP contribution is 2.33. The fourth-order valence-electron chi connectivity index (χ4n) is 2.73. The zero-order valence-electron chi connectivity index (χ0n) is 15.4. The summed E-state index contributed by atoms with van der Waals surface area (Å²) in [6.45, 7) is 1.49. The van der Waals surface area contributed by atoms with Crippen LogP contribution in [-0.4, -0.2) is 31.7 Å². The Morgan fingerprint density at radius 3 is 2.79 bits per heavy atom. The number of anilines is 2. The topological polar surface area (TPSA) is 92.3 Å². The quantitative estimate of drug-likeness (QED) is 0.710. The maximum absolute atomic E-state index is 13.2. The van der Waals surface area contributed by atoms with Crippen molar-refractivity contribution in [3.8, 4) is 0 Å². The van der Waals surface area contributed by atoms with E-state index in [4.69, 9.17) is 11.6 Å². The molecule has 2 aromatic rings. The van der Waals surface area contributed by atoms with Crippen molar-refractivity contribution >= 4 is 56.4 Å². The van der Waals surface area contributed by atoms with Gasteiger partial charge >= 0.3 is 0 Å². The van der Waals surface area contributed by atoms with Crippen molar-refractivity contribution < 1.29 is 22.4 Å². The smallest absolute Gasteiger partial charge is 0.228 e. The van der Waals surface area contributed by atoms with Gasteiger partial charge in [-0.2, -0.15) is 0 Å². The highest BCUT2D eigenvalue weighted by atomic mass is 35.5. The van der Waals surface area contributed by atoms with Crippen LogP contribution in [-0.2, 0) is 19.4 Å². The van der Waals surface area contributed by atoms with Crippen LogP contribution in [0.3, 0.4) is 0 Å². The second-order valence-corrected chi connectivity index (χ2v) is 10.2. The monoisotopic (exact) mass is 456 g/mol. The number of amides is 2. The van der Waals surface area contributed by atoms with Crippen LogP contribution in [0.15, 0.2) is 46.2 Å². The zero-order chi connectivity index (χ0) is 21.2. The molecule has 154 valence electrons. The van der Waals surface area contributed by atoms with Crippen LogP contribution in [0.4, 0.5) is 15.8 Å². The number of sulfone groups is 1. The largest absolute Gasteiger partial charge is 0.326 e. The van der Waals surface area contributed by atoms with Crippen LogP contribution >= 0.6 is 23.4 Å². The molecule has 0 aliphatic carbocycles. The molecule has 1 aliphatic rings. The average molecular weight is 457 g/mol. The van der Waals surface area contributed by atoms with Crippen molar-refractivity contribution in [2.45, 2.75) is 23.1 Å². The molecule has 2 aromatic carbocycles. The number of carbonyl (C=O) groups excluding carboxylic acids is 2. The number of fused-ring (bicyclic) bond motifs is 1. The van der Waals surface area contributed by atoms with E-state index in [9.17, 15) is 22.4 Å². The summed E-state index contributed by atoms with van der Waals surface area (Å²) in [7, 11) is -3.78. The number of hydrogen-bond donors (Lipinski definition) is 2. The first-order chi connectivity index (χ1) is 13.7. The lowest BCUT2D eigenvalue weighted by molar-refractivity contribution is -0.119. The lowest BCUT2D eigenvalue weighted by Gasteiger charge is -2.14. The third kappa shape index (κ3) is 5.29. The van der Waals surface area contributed by atoms with E-state index < -0.39 is 33.2 Å². The first-order valence-corrected chi connectivity index (χ1v) is 11.7. The Kier molecular flexibility index (Phi) is 6.50. The molecule has 1 atom stereocenters. The van der Waals surface area contributed by atoms with E-state index in [-0.39, 0.29) is 21.5 Å². The summed E-state index contributed by atoms with van der Waals surface area (Å²) in [6.07, 6.45) is 0.353. The highest BCUT2D eigenvalue weighted by molar-refractivity contribution is 7.99. The summed E-state index contributed by atoms with van der Waals surface area (Å²) in [6, 6.07) is 8.26. The number of nitrogens with one attached hydrogen (secondary N) is 2. The Bertz CT molecular complexity index is 1080. The lowest BCUT2D eigenvalue weighted by atomic mass is 10.2. The van der Waals surface area contributed by atoms with Crippen LogP contribution in [0, 0.1) is 11.7 Å². The maximum Gasteiger partial charge on any atom is 0.228 e. The van der Waals surface area contributed by atoms with Gasteiger partial charge in [-0.3, -0.25) is 9.59 Å². The Morgan fingerprint density at radius 1 is 1.31 bits per heavy atom. The SMILES string of the molecule is C[C@H](CS(=O)(=O)c1ccc2c(c1)NC(=O)CCS2)C(=O)Nc1ccc(F)c(Cl)c1. The summed E-state index contributed by atoms with van der Waals surface area (Å²) in [4.78, 5) is 24.9. The molecular weight excluding hydrogens is 439 g/mol. The third-order valence-electron chi connectivity index (χ3n) is 4.28. The number of halogens is 2. The molecule has 1 aliphatic heterocycles. The van der Waals surface area contributed by atoms with Gasteiger partial charge < -0.3 is 10.6 Å². The molecule has 1 heterocycles. The molecule has 2 N–H and O–H groups in total. The van der Waals surface area contributed by atoms with Crippen molar-refractivity contribution in [1.29, 1.82) is 0 Å². The molecule has 0 fully saturated rings. The predicted octanol–water partition coefficient (Wildman–Crippen LogP) is 3.96. The molecule has 2 amide bonds. The summed E-state index contributed by atoms with van der Waals surface area (Å²) < 4.78 is 38.8. The Labute approximate surface area is 177 Å². The fraction of sp³-hybridized carbons (Fsp3) is 0.263. The van der Waals surface area contributed by atoms with Gasteiger partial charge in [-0.15, -0.1) is 11.8 Å². The van der Waals surface area contributed by atoms with Gasteiger partial charge in [0.15, 0.2) is 9.84 Å². The molecule has 10 heteroatoms. The standard InChI is InChI=1S/C19H18ClFN2O4S2/c1-11(19(25)22-12-2-4-15(21)14(20)8-12)10-29(26,27)13-3-5-17-16(9-13)23-18(24)6-7-28-17/h2-5,8-9,11H,6-7,10H2,1H3,(H,22,25)(H,23,24)/t11-/m1/s1. The Morgan fingerprint density at radius 2 is 2.07 bits per heavy atom. The minimum Gasteiger partial charge on any atom is -0.326 e. The number of rotatable bonds is 5. The van der Waals surface area contributed by atoms with Gasteiger partial charge in [0.05, 0.1) is 21.4 Å². The Balaban J connectivity index is 1.73. The van der Waals surface area contributed by atoms with Crippen molar-refractivity contribution in [2.75, 3.05) is 22.1 Å². The minimum atomic E-state index is -3.78. The molecule has 0 bridgehead atoms. The molecule has 0 spiro atoms. The lowest BCUT2D eigenvalue weighted by Crippen LogP contribution is -2.27.